The molecule has 17 heavy (non-hydrogen) atoms. The van der Waals surface area contributed by atoms with Gasteiger partial charge in [0, 0.05) is 25.4 Å². The van der Waals surface area contributed by atoms with Gasteiger partial charge in [-0.1, -0.05) is 20.8 Å². The van der Waals surface area contributed by atoms with Crippen LogP contribution in [0.15, 0.2) is 0 Å². The normalized spacial score (nSPS) is 13.6. The molecule has 4 nitrogen and oxygen atoms in total. The minimum Gasteiger partial charge on any atom is -0.373 e. The lowest BCUT2D eigenvalue weighted by Gasteiger charge is -2.28. The summed E-state index contributed by atoms with van der Waals surface area (Å²) >= 11 is 0. The molecule has 0 aromatic carbocycles. The van der Waals surface area contributed by atoms with Crippen molar-refractivity contribution in [3.8, 4) is 0 Å². The van der Waals surface area contributed by atoms with E-state index in [-0.39, 0.29) is 11.5 Å². The first-order chi connectivity index (χ1) is 7.81. The van der Waals surface area contributed by atoms with Crippen molar-refractivity contribution in [2.75, 3.05) is 19.5 Å². The second-order valence-corrected chi connectivity index (χ2v) is 5.37. The number of aryl methyl sites for hydroxylation is 1. The number of hydrogen-bond donors (Lipinski definition) is 1. The first kappa shape index (κ1) is 13.9. The smallest absolute Gasteiger partial charge is 0.160 e. The summed E-state index contributed by atoms with van der Waals surface area (Å²) in [6, 6.07) is 0. The molecule has 1 unspecified atom stereocenters. The summed E-state index contributed by atoms with van der Waals surface area (Å²) in [6.07, 6.45) is -0.103. The topological polar surface area (TPSA) is 47.0 Å². The highest BCUT2D eigenvalue weighted by atomic mass is 16.5. The molecule has 0 bridgehead atoms. The van der Waals surface area contributed by atoms with Gasteiger partial charge in [-0.25, -0.2) is 9.97 Å². The summed E-state index contributed by atoms with van der Waals surface area (Å²) in [5, 5.41) is 3.10. The van der Waals surface area contributed by atoms with E-state index < -0.39 is 0 Å². The number of anilines is 1. The van der Waals surface area contributed by atoms with Crippen molar-refractivity contribution in [1.29, 1.82) is 0 Å². The van der Waals surface area contributed by atoms with E-state index >= 15 is 0 Å². The zero-order chi connectivity index (χ0) is 13.2. The van der Waals surface area contributed by atoms with E-state index in [4.69, 9.17) is 4.74 Å². The molecule has 0 radical (unpaired) electrons. The molecule has 0 aliphatic rings. The summed E-state index contributed by atoms with van der Waals surface area (Å²) in [4.78, 5) is 9.08. The van der Waals surface area contributed by atoms with Crippen molar-refractivity contribution < 1.29 is 4.74 Å². The molecular weight excluding hydrogens is 214 g/mol. The molecule has 0 saturated carbocycles. The third-order valence-electron chi connectivity index (χ3n) is 2.90. The fraction of sp³-hybridized carbons (Fsp3) is 0.692. The lowest BCUT2D eigenvalue weighted by Crippen LogP contribution is -2.23. The van der Waals surface area contributed by atoms with Crippen LogP contribution in [0.1, 0.15) is 44.0 Å². The molecule has 0 saturated heterocycles. The number of rotatable bonds is 3. The maximum absolute atomic E-state index is 5.54. The number of aromatic nitrogens is 2. The van der Waals surface area contributed by atoms with Gasteiger partial charge < -0.3 is 10.1 Å². The molecule has 1 aromatic heterocycles. The predicted octanol–water partition coefficient (Wildman–Crippen LogP) is 2.87. The van der Waals surface area contributed by atoms with Gasteiger partial charge in [-0.3, -0.25) is 0 Å². The Morgan fingerprint density at radius 1 is 1.18 bits per heavy atom. The summed E-state index contributed by atoms with van der Waals surface area (Å²) in [7, 11) is 3.57. The molecule has 96 valence electrons. The molecule has 1 rings (SSSR count). The van der Waals surface area contributed by atoms with Crippen LogP contribution in [0.2, 0.25) is 0 Å². The van der Waals surface area contributed by atoms with E-state index in [1.807, 2.05) is 20.9 Å². The maximum atomic E-state index is 5.54. The van der Waals surface area contributed by atoms with Crippen LogP contribution in [-0.2, 0) is 4.74 Å². The molecule has 0 aliphatic carbocycles. The Labute approximate surface area is 104 Å². The number of hydrogen-bond acceptors (Lipinski definition) is 4. The molecule has 1 N–H and O–H groups in total. The van der Waals surface area contributed by atoms with Crippen molar-refractivity contribution in [3.05, 3.63) is 17.1 Å². The Bertz CT molecular complexity index is 396. The van der Waals surface area contributed by atoms with E-state index in [0.29, 0.717) is 0 Å². The Morgan fingerprint density at radius 2 is 1.76 bits per heavy atom. The van der Waals surface area contributed by atoms with Gasteiger partial charge in [0.2, 0.25) is 0 Å². The lowest BCUT2D eigenvalue weighted by atomic mass is 9.88. The third-order valence-corrected chi connectivity index (χ3v) is 2.90. The van der Waals surface area contributed by atoms with Crippen LogP contribution in [0.3, 0.4) is 0 Å². The zero-order valence-electron chi connectivity index (χ0n) is 11.9. The standard InChI is InChI=1S/C13H23N3O/c1-8-9(2)15-12(16-11(8)14-6)10(17-7)13(3,4)5/h10H,1-7H3,(H,14,15,16). The van der Waals surface area contributed by atoms with Crippen LogP contribution >= 0.6 is 0 Å². The Hall–Kier alpha value is -1.16. The number of nitrogens with zero attached hydrogens (tertiary/aromatic N) is 2. The molecule has 0 fully saturated rings. The largest absolute Gasteiger partial charge is 0.373 e. The van der Waals surface area contributed by atoms with Crippen molar-refractivity contribution in [2.45, 2.75) is 40.7 Å². The SMILES string of the molecule is CNc1nc(C(OC)C(C)(C)C)nc(C)c1C. The van der Waals surface area contributed by atoms with Gasteiger partial charge in [0.25, 0.3) is 0 Å². The molecular formula is C13H23N3O. The van der Waals surface area contributed by atoms with Gasteiger partial charge in [0.1, 0.15) is 11.9 Å². The van der Waals surface area contributed by atoms with Crippen molar-refractivity contribution in [3.63, 3.8) is 0 Å². The third kappa shape index (κ3) is 2.94. The highest BCUT2D eigenvalue weighted by molar-refractivity contribution is 5.45. The van der Waals surface area contributed by atoms with Crippen molar-refractivity contribution in [1.82, 2.24) is 9.97 Å². The molecule has 1 atom stereocenters. The van der Waals surface area contributed by atoms with Crippen LogP contribution in [0.5, 0.6) is 0 Å². The molecule has 0 aliphatic heterocycles. The Balaban J connectivity index is 3.26. The van der Waals surface area contributed by atoms with Gasteiger partial charge in [-0.05, 0) is 19.3 Å². The fourth-order valence-corrected chi connectivity index (χ4v) is 1.86. The Morgan fingerprint density at radius 3 is 2.18 bits per heavy atom. The van der Waals surface area contributed by atoms with E-state index in [2.05, 4.69) is 36.1 Å². The Kier molecular flexibility index (Phi) is 4.09. The summed E-state index contributed by atoms with van der Waals surface area (Å²) < 4.78 is 5.54. The molecule has 4 heteroatoms. The van der Waals surface area contributed by atoms with Gasteiger partial charge in [0.05, 0.1) is 0 Å². The number of ether oxygens (including phenoxy) is 1. The monoisotopic (exact) mass is 237 g/mol. The van der Waals surface area contributed by atoms with E-state index in [9.17, 15) is 0 Å². The van der Waals surface area contributed by atoms with Crippen LogP contribution in [-0.4, -0.2) is 24.1 Å². The summed E-state index contributed by atoms with van der Waals surface area (Å²) in [6.45, 7) is 10.4. The van der Waals surface area contributed by atoms with Crippen LogP contribution < -0.4 is 5.32 Å². The van der Waals surface area contributed by atoms with Crippen LogP contribution in [0.4, 0.5) is 5.82 Å². The summed E-state index contributed by atoms with van der Waals surface area (Å²) in [5.74, 6) is 1.62. The maximum Gasteiger partial charge on any atom is 0.160 e. The molecule has 1 aromatic rings. The van der Waals surface area contributed by atoms with Crippen LogP contribution in [0.25, 0.3) is 0 Å². The average Bonchev–Trinajstić information content (AvgIpc) is 2.21. The first-order valence-electron chi connectivity index (χ1n) is 5.87. The molecule has 1 heterocycles. The quantitative estimate of drug-likeness (QED) is 0.878. The summed E-state index contributed by atoms with van der Waals surface area (Å²) in [5.41, 5.74) is 2.05. The molecule has 0 amide bonds. The van der Waals surface area contributed by atoms with Gasteiger partial charge in [-0.2, -0.15) is 0 Å². The minimum absolute atomic E-state index is 0.0263. The van der Waals surface area contributed by atoms with Crippen molar-refractivity contribution >= 4 is 5.82 Å². The highest BCUT2D eigenvalue weighted by Gasteiger charge is 2.29. The van der Waals surface area contributed by atoms with E-state index in [1.54, 1.807) is 7.11 Å². The minimum atomic E-state index is -0.103. The zero-order valence-corrected chi connectivity index (χ0v) is 11.9. The second kappa shape index (κ2) is 5.00. The molecule has 0 spiro atoms. The number of nitrogens with one attached hydrogen (secondary N) is 1. The predicted molar refractivity (Wildman–Crippen MR) is 70.3 cm³/mol. The first-order valence-corrected chi connectivity index (χ1v) is 5.87. The number of methoxy groups -OCH3 is 1. The van der Waals surface area contributed by atoms with Gasteiger partial charge in [0.15, 0.2) is 5.82 Å². The highest BCUT2D eigenvalue weighted by Crippen LogP contribution is 2.34. The van der Waals surface area contributed by atoms with E-state index in [1.165, 1.54) is 0 Å². The van der Waals surface area contributed by atoms with Gasteiger partial charge >= 0.3 is 0 Å². The van der Waals surface area contributed by atoms with Crippen LogP contribution in [0, 0.1) is 19.3 Å². The van der Waals surface area contributed by atoms with Gasteiger partial charge in [-0.15, -0.1) is 0 Å². The fourth-order valence-electron chi connectivity index (χ4n) is 1.86. The average molecular weight is 237 g/mol. The lowest BCUT2D eigenvalue weighted by molar-refractivity contribution is 0.00863. The second-order valence-electron chi connectivity index (χ2n) is 5.37. The van der Waals surface area contributed by atoms with E-state index in [0.717, 1.165) is 22.9 Å². The van der Waals surface area contributed by atoms with Crippen molar-refractivity contribution in [2.24, 2.45) is 5.41 Å².